The Morgan fingerprint density at radius 3 is 2.65 bits per heavy atom. The van der Waals surface area contributed by atoms with Gasteiger partial charge in [-0.25, -0.2) is 4.98 Å². The molecule has 0 amide bonds. The molecule has 0 saturated heterocycles. The topological polar surface area (TPSA) is 27.1 Å². The summed E-state index contributed by atoms with van der Waals surface area (Å²) < 4.78 is 8.15. The lowest BCUT2D eigenvalue weighted by Gasteiger charge is -2.13. The average molecular weight is 316 g/mol. The predicted octanol–water partition coefficient (Wildman–Crippen LogP) is 3.82. The van der Waals surface area contributed by atoms with Crippen LogP contribution in [0, 0.1) is 6.92 Å². The highest BCUT2D eigenvalue weighted by Crippen LogP contribution is 2.38. The Hall–Kier alpha value is -1.00. The summed E-state index contributed by atoms with van der Waals surface area (Å²) in [5, 5.41) is 0.686. The van der Waals surface area contributed by atoms with Crippen LogP contribution in [0.3, 0.4) is 0 Å². The van der Waals surface area contributed by atoms with Crippen LogP contribution in [-0.4, -0.2) is 16.7 Å². The van der Waals surface area contributed by atoms with Gasteiger partial charge in [-0.1, -0.05) is 11.6 Å². The van der Waals surface area contributed by atoms with E-state index >= 15 is 0 Å². The number of imidazole rings is 1. The van der Waals surface area contributed by atoms with E-state index in [1.807, 2.05) is 30.7 Å². The Balaban J connectivity index is 2.74. The molecule has 0 aliphatic rings. The quantitative estimate of drug-likeness (QED) is 0.842. The van der Waals surface area contributed by atoms with Crippen molar-refractivity contribution in [1.29, 1.82) is 0 Å². The summed E-state index contributed by atoms with van der Waals surface area (Å²) in [5.74, 6) is 0.818. The highest BCUT2D eigenvalue weighted by Gasteiger charge is 2.16. The number of hydrogen-bond donors (Lipinski definition) is 0. The van der Waals surface area contributed by atoms with Crippen molar-refractivity contribution in [2.75, 3.05) is 7.11 Å². The number of methoxy groups -OCH3 is 1. The minimum absolute atomic E-state index is 0.686. The van der Waals surface area contributed by atoms with Crippen molar-refractivity contribution < 1.29 is 4.74 Å². The van der Waals surface area contributed by atoms with Gasteiger partial charge in [0.1, 0.15) is 10.4 Å². The van der Waals surface area contributed by atoms with E-state index in [0.717, 1.165) is 27.2 Å². The zero-order valence-electron chi connectivity index (χ0n) is 9.79. The average Bonchev–Trinajstić information content (AvgIpc) is 2.57. The van der Waals surface area contributed by atoms with Crippen LogP contribution in [0.2, 0.25) is 5.02 Å². The van der Waals surface area contributed by atoms with Gasteiger partial charge in [0, 0.05) is 17.6 Å². The van der Waals surface area contributed by atoms with Crippen molar-refractivity contribution in [2.45, 2.75) is 6.92 Å². The molecule has 1 aromatic heterocycles. The van der Waals surface area contributed by atoms with Crippen LogP contribution in [0.4, 0.5) is 0 Å². The van der Waals surface area contributed by atoms with Gasteiger partial charge in [-0.2, -0.15) is 0 Å². The number of ether oxygens (including phenoxy) is 1. The first-order valence-electron chi connectivity index (χ1n) is 5.06. The van der Waals surface area contributed by atoms with E-state index in [4.69, 9.17) is 16.3 Å². The molecule has 3 nitrogen and oxygen atoms in total. The fraction of sp³-hybridized carbons (Fsp3) is 0.250. The summed E-state index contributed by atoms with van der Waals surface area (Å²) >= 11 is 9.54. The minimum Gasteiger partial charge on any atom is -0.496 e. The third-order valence-electron chi connectivity index (χ3n) is 2.59. The number of nitrogens with zero attached hydrogens (tertiary/aromatic N) is 2. The van der Waals surface area contributed by atoms with E-state index in [0.29, 0.717) is 5.02 Å². The van der Waals surface area contributed by atoms with Crippen LogP contribution in [0.1, 0.15) is 5.56 Å². The maximum Gasteiger partial charge on any atom is 0.132 e. The number of rotatable bonds is 2. The molecular weight excluding hydrogens is 304 g/mol. The Bertz CT molecular complexity index is 546. The lowest BCUT2D eigenvalue weighted by Crippen LogP contribution is -1.96. The molecule has 0 aliphatic carbocycles. The zero-order valence-corrected chi connectivity index (χ0v) is 12.1. The highest BCUT2D eigenvalue weighted by molar-refractivity contribution is 9.10. The van der Waals surface area contributed by atoms with E-state index < -0.39 is 0 Å². The number of halogens is 2. The van der Waals surface area contributed by atoms with Gasteiger partial charge in [0.2, 0.25) is 0 Å². The fourth-order valence-electron chi connectivity index (χ4n) is 1.88. The Morgan fingerprint density at radius 1 is 1.41 bits per heavy atom. The molecule has 0 N–H and O–H groups in total. The number of benzene rings is 1. The van der Waals surface area contributed by atoms with Crippen LogP contribution in [0.5, 0.6) is 5.75 Å². The van der Waals surface area contributed by atoms with Crippen LogP contribution in [0.15, 0.2) is 23.1 Å². The van der Waals surface area contributed by atoms with Gasteiger partial charge < -0.3 is 9.30 Å². The van der Waals surface area contributed by atoms with Crippen LogP contribution < -0.4 is 4.74 Å². The second kappa shape index (κ2) is 4.70. The standard InChI is InChI=1S/C12H12BrClN2O/c1-7-4-8(14)5-9(11(7)17-3)10-12(13)15-6-16(10)2/h4-6H,1-3H3. The second-order valence-corrected chi connectivity index (χ2v) is 4.99. The lowest BCUT2D eigenvalue weighted by molar-refractivity contribution is 0.413. The van der Waals surface area contributed by atoms with Crippen molar-refractivity contribution in [3.05, 3.63) is 33.6 Å². The van der Waals surface area contributed by atoms with Crippen molar-refractivity contribution in [1.82, 2.24) is 9.55 Å². The van der Waals surface area contributed by atoms with Gasteiger partial charge in [0.15, 0.2) is 0 Å². The molecule has 1 heterocycles. The summed E-state index contributed by atoms with van der Waals surface area (Å²) in [6, 6.07) is 3.77. The second-order valence-electron chi connectivity index (χ2n) is 3.80. The summed E-state index contributed by atoms with van der Waals surface area (Å²) in [6.45, 7) is 1.97. The number of hydrogen-bond acceptors (Lipinski definition) is 2. The van der Waals surface area contributed by atoms with Crippen molar-refractivity contribution >= 4 is 27.5 Å². The van der Waals surface area contributed by atoms with Gasteiger partial charge >= 0.3 is 0 Å². The van der Waals surface area contributed by atoms with Crippen molar-refractivity contribution in [2.24, 2.45) is 7.05 Å². The molecule has 0 bridgehead atoms. The summed E-state index contributed by atoms with van der Waals surface area (Å²) in [6.07, 6.45) is 1.75. The largest absolute Gasteiger partial charge is 0.496 e. The van der Waals surface area contributed by atoms with Gasteiger partial charge in [-0.3, -0.25) is 0 Å². The van der Waals surface area contributed by atoms with Gasteiger partial charge in [-0.15, -0.1) is 0 Å². The summed E-state index contributed by atoms with van der Waals surface area (Å²) in [5.41, 5.74) is 2.89. The predicted molar refractivity (Wildman–Crippen MR) is 72.6 cm³/mol. The molecule has 2 aromatic rings. The molecule has 2 rings (SSSR count). The summed E-state index contributed by atoms with van der Waals surface area (Å²) in [7, 11) is 3.59. The van der Waals surface area contributed by atoms with Gasteiger partial charge in [0.05, 0.1) is 19.1 Å². The first-order chi connectivity index (χ1) is 8.04. The summed E-state index contributed by atoms with van der Waals surface area (Å²) in [4.78, 5) is 4.21. The highest BCUT2D eigenvalue weighted by atomic mass is 79.9. The van der Waals surface area contributed by atoms with E-state index in [1.54, 1.807) is 13.4 Å². The smallest absolute Gasteiger partial charge is 0.132 e. The molecule has 5 heteroatoms. The molecular formula is C12H12BrClN2O. The zero-order chi connectivity index (χ0) is 12.6. The molecule has 0 saturated carbocycles. The molecule has 90 valence electrons. The molecule has 1 aromatic carbocycles. The maximum atomic E-state index is 6.10. The molecule has 0 fully saturated rings. The number of aromatic nitrogens is 2. The van der Waals surface area contributed by atoms with E-state index in [1.165, 1.54) is 0 Å². The van der Waals surface area contributed by atoms with Gasteiger partial charge in [-0.05, 0) is 40.5 Å². The van der Waals surface area contributed by atoms with Gasteiger partial charge in [0.25, 0.3) is 0 Å². The number of aryl methyl sites for hydroxylation is 2. The first kappa shape index (κ1) is 12.5. The molecule has 0 atom stereocenters. The van der Waals surface area contributed by atoms with E-state index in [9.17, 15) is 0 Å². The van der Waals surface area contributed by atoms with E-state index in [-0.39, 0.29) is 0 Å². The van der Waals surface area contributed by atoms with Crippen LogP contribution in [0.25, 0.3) is 11.3 Å². The Kier molecular flexibility index (Phi) is 3.45. The third kappa shape index (κ3) is 2.19. The Labute approximate surface area is 114 Å². The molecule has 0 radical (unpaired) electrons. The molecule has 0 spiro atoms. The minimum atomic E-state index is 0.686. The fourth-order valence-corrected chi connectivity index (χ4v) is 2.74. The first-order valence-corrected chi connectivity index (χ1v) is 6.23. The normalized spacial score (nSPS) is 10.6. The van der Waals surface area contributed by atoms with Crippen molar-refractivity contribution in [3.8, 4) is 17.0 Å². The van der Waals surface area contributed by atoms with Crippen LogP contribution >= 0.6 is 27.5 Å². The van der Waals surface area contributed by atoms with Crippen molar-refractivity contribution in [3.63, 3.8) is 0 Å². The molecule has 17 heavy (non-hydrogen) atoms. The lowest BCUT2D eigenvalue weighted by atomic mass is 10.1. The SMILES string of the molecule is COc1c(C)cc(Cl)cc1-c1c(Br)ncn1C. The third-order valence-corrected chi connectivity index (χ3v) is 3.39. The maximum absolute atomic E-state index is 6.10. The van der Waals surface area contributed by atoms with E-state index in [2.05, 4.69) is 20.9 Å². The van der Waals surface area contributed by atoms with Crippen LogP contribution in [-0.2, 0) is 7.05 Å². The molecule has 0 aliphatic heterocycles. The molecule has 0 unspecified atom stereocenters. The monoisotopic (exact) mass is 314 g/mol. The Morgan fingerprint density at radius 2 is 2.12 bits per heavy atom.